The Kier molecular flexibility index (Phi) is 9.45. The van der Waals surface area contributed by atoms with Gasteiger partial charge in [0.25, 0.3) is 10.9 Å². The summed E-state index contributed by atoms with van der Waals surface area (Å²) in [6, 6.07) is 3.74. The Labute approximate surface area is 189 Å². The zero-order valence-corrected chi connectivity index (χ0v) is 19.8. The Bertz CT molecular complexity index is 966. The van der Waals surface area contributed by atoms with E-state index < -0.39 is 18.4 Å². The highest BCUT2D eigenvalue weighted by Crippen LogP contribution is 2.49. The fourth-order valence-corrected chi connectivity index (χ4v) is 6.18. The van der Waals surface area contributed by atoms with Crippen LogP contribution in [0.3, 0.4) is 0 Å². The van der Waals surface area contributed by atoms with Crippen LogP contribution in [-0.2, 0) is 4.52 Å². The van der Waals surface area contributed by atoms with Crippen molar-refractivity contribution in [2.45, 2.75) is 70.8 Å². The van der Waals surface area contributed by atoms with Crippen molar-refractivity contribution in [2.24, 2.45) is 4.74 Å². The molecule has 32 heavy (non-hydrogen) atoms. The quantitative estimate of drug-likeness (QED) is 0.223. The summed E-state index contributed by atoms with van der Waals surface area (Å²) in [6.45, 7) is 3.02. The molecule has 176 valence electrons. The van der Waals surface area contributed by atoms with Crippen molar-refractivity contribution in [3.63, 3.8) is 0 Å². The molecule has 1 unspecified atom stereocenters. The first-order valence-electron chi connectivity index (χ1n) is 11.7. The van der Waals surface area contributed by atoms with E-state index in [0.717, 1.165) is 44.2 Å². The smallest absolute Gasteiger partial charge is 0.253 e. The zero-order chi connectivity index (χ0) is 22.8. The highest BCUT2D eigenvalue weighted by Gasteiger charge is 2.22. The maximum atomic E-state index is 11.9. The van der Waals surface area contributed by atoms with Crippen LogP contribution < -0.4 is 21.5 Å². The largest absolute Gasteiger partial charge is 0.380 e. The van der Waals surface area contributed by atoms with E-state index in [1.807, 2.05) is 6.92 Å². The summed E-state index contributed by atoms with van der Waals surface area (Å²) in [5, 5.41) is 6.09. The molecule has 1 aromatic heterocycles. The summed E-state index contributed by atoms with van der Waals surface area (Å²) in [6.07, 6.45) is 13.3. The molecule has 0 aliphatic heterocycles. The van der Waals surface area contributed by atoms with Crippen LogP contribution in [-0.4, -0.2) is 35.2 Å². The summed E-state index contributed by atoms with van der Waals surface area (Å²) < 4.78 is 10.4. The van der Waals surface area contributed by atoms with Crippen molar-refractivity contribution in [2.75, 3.05) is 29.9 Å². The molecule has 0 radical (unpaired) electrons. The standard InChI is InChI=1S/C23H35N4O4P/c1-2-31-32(30,27-19-10-6-5-7-11-19)17-9-4-3-8-14-25-20-21(23(29)22(20)28)26-18-12-15-24-16-13-18/h12-13,15-16,19,25,30H,2-11,14,17H2,1H3,(H,24,26). The monoisotopic (exact) mass is 462 g/mol. The number of aromatic nitrogens is 1. The van der Waals surface area contributed by atoms with E-state index >= 15 is 0 Å². The SMILES string of the molecule is CCOP(O)(CCCCCCNc1c(Nc2ccncc2)c(=O)c1=O)=NC1CCCCC1. The Hall–Kier alpha value is -2.02. The van der Waals surface area contributed by atoms with Crippen molar-refractivity contribution in [3.8, 4) is 0 Å². The van der Waals surface area contributed by atoms with Crippen LogP contribution in [0.5, 0.6) is 0 Å². The molecule has 1 fully saturated rings. The minimum Gasteiger partial charge on any atom is -0.380 e. The van der Waals surface area contributed by atoms with Crippen LogP contribution >= 0.6 is 7.51 Å². The third kappa shape index (κ3) is 6.99. The van der Waals surface area contributed by atoms with E-state index in [1.165, 1.54) is 19.3 Å². The predicted octanol–water partition coefficient (Wildman–Crippen LogP) is 4.79. The molecule has 1 aromatic carbocycles. The number of hydrogen-bond donors (Lipinski definition) is 3. The molecular formula is C23H35N4O4P. The van der Waals surface area contributed by atoms with Gasteiger partial charge in [0, 0.05) is 30.8 Å². The van der Waals surface area contributed by atoms with Crippen molar-refractivity contribution < 1.29 is 9.42 Å². The van der Waals surface area contributed by atoms with E-state index in [1.54, 1.807) is 24.5 Å². The van der Waals surface area contributed by atoms with Gasteiger partial charge >= 0.3 is 0 Å². The van der Waals surface area contributed by atoms with Crippen molar-refractivity contribution in [1.29, 1.82) is 0 Å². The molecule has 3 N–H and O–H groups in total. The lowest BCUT2D eigenvalue weighted by atomic mass is 9.97. The van der Waals surface area contributed by atoms with Gasteiger partial charge in [-0.2, -0.15) is 0 Å². The number of rotatable bonds is 13. The van der Waals surface area contributed by atoms with Gasteiger partial charge in [0.05, 0.1) is 12.6 Å². The second-order valence-electron chi connectivity index (χ2n) is 8.32. The van der Waals surface area contributed by atoms with Gasteiger partial charge in [-0.05, 0) is 44.7 Å². The maximum absolute atomic E-state index is 11.9. The van der Waals surface area contributed by atoms with E-state index in [2.05, 4.69) is 15.6 Å². The second-order valence-corrected chi connectivity index (χ2v) is 10.6. The van der Waals surface area contributed by atoms with Gasteiger partial charge in [-0.3, -0.25) is 19.3 Å². The zero-order valence-electron chi connectivity index (χ0n) is 18.9. The van der Waals surface area contributed by atoms with Crippen LogP contribution in [0.1, 0.15) is 64.7 Å². The number of anilines is 3. The Morgan fingerprint density at radius 1 is 1.06 bits per heavy atom. The van der Waals surface area contributed by atoms with Crippen LogP contribution in [0, 0.1) is 0 Å². The summed E-state index contributed by atoms with van der Waals surface area (Å²) in [7, 11) is -2.65. The number of unbranched alkanes of at least 4 members (excludes halogenated alkanes) is 3. The average molecular weight is 463 g/mol. The lowest BCUT2D eigenvalue weighted by Gasteiger charge is -2.24. The average Bonchev–Trinajstić information content (AvgIpc) is 2.81. The van der Waals surface area contributed by atoms with Crippen LogP contribution in [0.4, 0.5) is 17.1 Å². The van der Waals surface area contributed by atoms with Gasteiger partial charge in [-0.15, -0.1) is 0 Å². The van der Waals surface area contributed by atoms with Gasteiger partial charge in [-0.1, -0.05) is 32.1 Å². The topological polar surface area (TPSA) is 113 Å². The highest BCUT2D eigenvalue weighted by molar-refractivity contribution is 7.55. The minimum absolute atomic E-state index is 0.254. The van der Waals surface area contributed by atoms with Gasteiger partial charge in [0.15, 0.2) is 0 Å². The Morgan fingerprint density at radius 3 is 2.47 bits per heavy atom. The third-order valence-electron chi connectivity index (χ3n) is 5.79. The molecule has 0 bridgehead atoms. The van der Waals surface area contributed by atoms with Crippen molar-refractivity contribution in [3.05, 3.63) is 45.0 Å². The predicted molar refractivity (Wildman–Crippen MR) is 131 cm³/mol. The second kappa shape index (κ2) is 12.3. The molecule has 1 saturated carbocycles. The molecule has 1 aliphatic carbocycles. The Morgan fingerprint density at radius 2 is 1.75 bits per heavy atom. The normalized spacial score (nSPS) is 16.6. The maximum Gasteiger partial charge on any atom is 0.253 e. The fourth-order valence-electron chi connectivity index (χ4n) is 4.08. The van der Waals surface area contributed by atoms with Crippen molar-refractivity contribution >= 4 is 24.6 Å². The molecule has 1 heterocycles. The van der Waals surface area contributed by atoms with Gasteiger partial charge < -0.3 is 20.1 Å². The molecule has 8 nitrogen and oxygen atoms in total. The number of nitrogens with one attached hydrogen (secondary N) is 2. The van der Waals surface area contributed by atoms with Crippen LogP contribution in [0.2, 0.25) is 0 Å². The molecular weight excluding hydrogens is 427 g/mol. The molecule has 0 spiro atoms. The van der Waals surface area contributed by atoms with Gasteiger partial charge in [-0.25, -0.2) is 0 Å². The molecule has 0 saturated heterocycles. The fraction of sp³-hybridized carbons (Fsp3) is 0.609. The molecule has 0 amide bonds. The molecule has 1 aliphatic rings. The third-order valence-corrected chi connectivity index (χ3v) is 8.05. The highest BCUT2D eigenvalue weighted by atomic mass is 31.2. The van der Waals surface area contributed by atoms with Gasteiger partial charge in [0.1, 0.15) is 11.4 Å². The Balaban J connectivity index is 1.39. The number of pyridine rings is 1. The first-order valence-corrected chi connectivity index (χ1v) is 13.5. The first-order chi connectivity index (χ1) is 15.5. The lowest BCUT2D eigenvalue weighted by Crippen LogP contribution is -2.36. The summed E-state index contributed by atoms with van der Waals surface area (Å²) >= 11 is 0. The van der Waals surface area contributed by atoms with E-state index in [9.17, 15) is 14.5 Å². The summed E-state index contributed by atoms with van der Waals surface area (Å²) in [5.74, 6) is 0. The molecule has 3 rings (SSSR count). The summed E-state index contributed by atoms with van der Waals surface area (Å²) in [4.78, 5) is 38.6. The van der Waals surface area contributed by atoms with Crippen LogP contribution in [0.15, 0.2) is 38.9 Å². The van der Waals surface area contributed by atoms with E-state index in [-0.39, 0.29) is 6.04 Å². The first kappa shape index (κ1) is 24.6. The number of nitrogens with zero attached hydrogens (tertiary/aromatic N) is 2. The lowest BCUT2D eigenvalue weighted by molar-refractivity contribution is 0.310. The number of hydrogen-bond acceptors (Lipinski definition) is 7. The molecule has 2 aromatic rings. The van der Waals surface area contributed by atoms with Gasteiger partial charge in [0.2, 0.25) is 7.51 Å². The molecule has 1 atom stereocenters. The van der Waals surface area contributed by atoms with Crippen molar-refractivity contribution in [1.82, 2.24) is 4.98 Å². The van der Waals surface area contributed by atoms with E-state index in [4.69, 9.17) is 9.27 Å². The summed E-state index contributed by atoms with van der Waals surface area (Å²) in [5.41, 5.74) is 0.424. The van der Waals surface area contributed by atoms with E-state index in [0.29, 0.717) is 30.7 Å². The minimum atomic E-state index is -2.65. The molecule has 9 heteroatoms. The van der Waals surface area contributed by atoms with Crippen LogP contribution in [0.25, 0.3) is 0 Å².